The Bertz CT molecular complexity index is 996. The molecule has 1 aliphatic heterocycles. The van der Waals surface area contributed by atoms with E-state index in [-0.39, 0.29) is 17.5 Å². The van der Waals surface area contributed by atoms with E-state index in [4.69, 9.17) is 0 Å². The number of para-hydroxylation sites is 2. The molecule has 3 aromatic rings. The van der Waals surface area contributed by atoms with Gasteiger partial charge in [-0.25, -0.2) is 14.4 Å². The smallest absolute Gasteiger partial charge is 0.234 e. The van der Waals surface area contributed by atoms with Crippen LogP contribution in [0, 0.1) is 5.82 Å². The molecule has 0 bridgehead atoms. The maximum atomic E-state index is 14.0. The number of halogens is 1. The quantitative estimate of drug-likeness (QED) is 0.482. The highest BCUT2D eigenvalue weighted by Crippen LogP contribution is 2.24. The average Bonchev–Trinajstić information content (AvgIpc) is 2.79. The van der Waals surface area contributed by atoms with E-state index in [0.717, 1.165) is 29.6 Å². The first-order valence-electron chi connectivity index (χ1n) is 9.73. The molecule has 0 radical (unpaired) electrons. The van der Waals surface area contributed by atoms with Gasteiger partial charge in [-0.05, 0) is 24.3 Å². The van der Waals surface area contributed by atoms with Gasteiger partial charge < -0.3 is 15.1 Å². The normalized spacial score (nSPS) is 13.9. The first-order valence-corrected chi connectivity index (χ1v) is 10.7. The van der Waals surface area contributed by atoms with E-state index in [9.17, 15) is 9.18 Å². The molecule has 0 saturated carbocycles. The molecule has 8 heteroatoms. The van der Waals surface area contributed by atoms with Gasteiger partial charge in [0.1, 0.15) is 23.0 Å². The van der Waals surface area contributed by atoms with Crippen molar-refractivity contribution >= 4 is 34.9 Å². The van der Waals surface area contributed by atoms with Crippen LogP contribution in [0.3, 0.4) is 0 Å². The zero-order valence-corrected chi connectivity index (χ0v) is 17.2. The molecule has 1 saturated heterocycles. The van der Waals surface area contributed by atoms with Crippen LogP contribution in [0.15, 0.2) is 72.0 Å². The summed E-state index contributed by atoms with van der Waals surface area (Å²) in [5, 5.41) is 3.62. The van der Waals surface area contributed by atoms with Gasteiger partial charge in [0.25, 0.3) is 0 Å². The first-order chi connectivity index (χ1) is 14.7. The molecule has 0 unspecified atom stereocenters. The summed E-state index contributed by atoms with van der Waals surface area (Å²) in [7, 11) is 0. The van der Waals surface area contributed by atoms with Gasteiger partial charge in [-0.2, -0.15) is 0 Å². The zero-order valence-electron chi connectivity index (χ0n) is 16.4. The van der Waals surface area contributed by atoms with Gasteiger partial charge in [-0.15, -0.1) is 0 Å². The van der Waals surface area contributed by atoms with Crippen LogP contribution in [0.2, 0.25) is 0 Å². The lowest BCUT2D eigenvalue weighted by molar-refractivity contribution is -0.113. The van der Waals surface area contributed by atoms with Crippen LogP contribution in [-0.4, -0.2) is 47.8 Å². The molecule has 0 spiro atoms. The van der Waals surface area contributed by atoms with E-state index in [0.29, 0.717) is 18.8 Å². The van der Waals surface area contributed by atoms with Crippen LogP contribution in [0.25, 0.3) is 0 Å². The fraction of sp³-hybridized carbons (Fsp3) is 0.227. The summed E-state index contributed by atoms with van der Waals surface area (Å²) >= 11 is 1.38. The molecular formula is C22H22FN5OS. The predicted octanol–water partition coefficient (Wildman–Crippen LogP) is 3.67. The van der Waals surface area contributed by atoms with E-state index in [2.05, 4.69) is 25.1 Å². The van der Waals surface area contributed by atoms with E-state index in [1.165, 1.54) is 24.2 Å². The second-order valence-electron chi connectivity index (χ2n) is 6.84. The van der Waals surface area contributed by atoms with Gasteiger partial charge in [0.2, 0.25) is 5.91 Å². The number of hydrogen-bond acceptors (Lipinski definition) is 6. The van der Waals surface area contributed by atoms with Crippen LogP contribution < -0.4 is 15.1 Å². The lowest BCUT2D eigenvalue weighted by Crippen LogP contribution is -2.47. The Kier molecular flexibility index (Phi) is 6.44. The molecule has 1 aromatic heterocycles. The SMILES string of the molecule is O=C(CSc1cc(N2CCN(c3ccccc3F)CC2)ncn1)Nc1ccccc1. The van der Waals surface area contributed by atoms with Crippen molar-refractivity contribution in [1.29, 1.82) is 0 Å². The van der Waals surface area contributed by atoms with Crippen molar-refractivity contribution < 1.29 is 9.18 Å². The van der Waals surface area contributed by atoms with Crippen LogP contribution in [0.4, 0.5) is 21.6 Å². The standard InChI is InChI=1S/C22H22FN5OS/c23-18-8-4-5-9-19(18)27-10-12-28(13-11-27)20-14-22(25-16-24-20)30-15-21(29)26-17-6-2-1-3-7-17/h1-9,14,16H,10-13,15H2,(H,26,29). The molecule has 4 rings (SSSR count). The van der Waals surface area contributed by atoms with E-state index >= 15 is 0 Å². The topological polar surface area (TPSA) is 61.4 Å². The highest BCUT2D eigenvalue weighted by Gasteiger charge is 2.20. The van der Waals surface area contributed by atoms with Crippen molar-refractivity contribution in [3.05, 3.63) is 72.8 Å². The summed E-state index contributed by atoms with van der Waals surface area (Å²) in [6.07, 6.45) is 1.52. The van der Waals surface area contributed by atoms with E-state index in [1.54, 1.807) is 6.07 Å². The largest absolute Gasteiger partial charge is 0.366 e. The molecule has 30 heavy (non-hydrogen) atoms. The van der Waals surface area contributed by atoms with Crippen LogP contribution >= 0.6 is 11.8 Å². The first kappa shape index (κ1) is 20.2. The van der Waals surface area contributed by atoms with Gasteiger partial charge in [0.05, 0.1) is 11.4 Å². The molecular weight excluding hydrogens is 401 g/mol. The Labute approximate surface area is 179 Å². The lowest BCUT2D eigenvalue weighted by atomic mass is 10.2. The maximum absolute atomic E-state index is 14.0. The molecule has 0 atom stereocenters. The monoisotopic (exact) mass is 423 g/mol. The fourth-order valence-electron chi connectivity index (χ4n) is 3.32. The number of rotatable bonds is 6. The molecule has 2 aromatic carbocycles. The van der Waals surface area contributed by atoms with Crippen LogP contribution in [-0.2, 0) is 4.79 Å². The summed E-state index contributed by atoms with van der Waals surface area (Å²) < 4.78 is 14.0. The molecule has 154 valence electrons. The third-order valence-corrected chi connectivity index (χ3v) is 5.76. The number of aromatic nitrogens is 2. The number of benzene rings is 2. The molecule has 2 heterocycles. The molecule has 1 fully saturated rings. The van der Waals surface area contributed by atoms with Crippen molar-refractivity contribution in [3.8, 4) is 0 Å². The van der Waals surface area contributed by atoms with Crippen molar-refractivity contribution in [1.82, 2.24) is 9.97 Å². The van der Waals surface area contributed by atoms with Crippen molar-refractivity contribution in [2.24, 2.45) is 0 Å². The minimum Gasteiger partial charge on any atom is -0.366 e. The summed E-state index contributed by atoms with van der Waals surface area (Å²) in [4.78, 5) is 25.0. The predicted molar refractivity (Wildman–Crippen MR) is 119 cm³/mol. The minimum absolute atomic E-state index is 0.0788. The van der Waals surface area contributed by atoms with Gasteiger partial charge >= 0.3 is 0 Å². The highest BCUT2D eigenvalue weighted by atomic mass is 32.2. The average molecular weight is 424 g/mol. The number of amides is 1. The fourth-order valence-corrected chi connectivity index (χ4v) is 3.99. The van der Waals surface area contributed by atoms with E-state index in [1.807, 2.05) is 48.5 Å². The van der Waals surface area contributed by atoms with E-state index < -0.39 is 0 Å². The molecule has 1 amide bonds. The van der Waals surface area contributed by atoms with Crippen molar-refractivity contribution in [2.75, 3.05) is 47.0 Å². The third-order valence-electron chi connectivity index (χ3n) is 4.83. The summed E-state index contributed by atoms with van der Waals surface area (Å²) in [5.41, 5.74) is 1.42. The number of nitrogens with one attached hydrogen (secondary N) is 1. The molecule has 0 aliphatic carbocycles. The number of nitrogens with zero attached hydrogens (tertiary/aromatic N) is 4. The van der Waals surface area contributed by atoms with Crippen molar-refractivity contribution in [2.45, 2.75) is 5.03 Å². The maximum Gasteiger partial charge on any atom is 0.234 e. The number of carbonyl (C=O) groups is 1. The van der Waals surface area contributed by atoms with Gasteiger partial charge in [0, 0.05) is 37.9 Å². The number of piperazine rings is 1. The Morgan fingerprint density at radius 3 is 2.43 bits per heavy atom. The Morgan fingerprint density at radius 2 is 1.67 bits per heavy atom. The molecule has 1 aliphatic rings. The van der Waals surface area contributed by atoms with Gasteiger partial charge in [-0.1, -0.05) is 42.1 Å². The minimum atomic E-state index is -0.194. The second kappa shape index (κ2) is 9.58. The summed E-state index contributed by atoms with van der Waals surface area (Å²) in [6, 6.07) is 18.1. The number of anilines is 3. The van der Waals surface area contributed by atoms with Gasteiger partial charge in [0.15, 0.2) is 0 Å². The molecule has 6 nitrogen and oxygen atoms in total. The Morgan fingerprint density at radius 1 is 0.967 bits per heavy atom. The van der Waals surface area contributed by atoms with Crippen molar-refractivity contribution in [3.63, 3.8) is 0 Å². The van der Waals surface area contributed by atoms with Crippen LogP contribution in [0.5, 0.6) is 0 Å². The number of hydrogen-bond donors (Lipinski definition) is 1. The number of thioether (sulfide) groups is 1. The third kappa shape index (κ3) is 5.07. The van der Waals surface area contributed by atoms with Crippen LogP contribution in [0.1, 0.15) is 0 Å². The summed E-state index contributed by atoms with van der Waals surface area (Å²) in [5.74, 6) is 0.821. The second-order valence-corrected chi connectivity index (χ2v) is 7.84. The number of carbonyl (C=O) groups excluding carboxylic acids is 1. The Hall–Kier alpha value is -3.13. The Balaban J connectivity index is 1.31. The molecule has 1 N–H and O–H groups in total. The zero-order chi connectivity index (χ0) is 20.8. The van der Waals surface area contributed by atoms with Gasteiger partial charge in [-0.3, -0.25) is 4.79 Å². The summed E-state index contributed by atoms with van der Waals surface area (Å²) in [6.45, 7) is 2.91. The highest BCUT2D eigenvalue weighted by molar-refractivity contribution is 7.99. The lowest BCUT2D eigenvalue weighted by Gasteiger charge is -2.36.